The molecule has 2 N–H and O–H groups in total. The molecule has 1 saturated carbocycles. The van der Waals surface area contributed by atoms with E-state index in [4.69, 9.17) is 0 Å². The van der Waals surface area contributed by atoms with Gasteiger partial charge in [0, 0.05) is 31.0 Å². The van der Waals surface area contributed by atoms with E-state index < -0.39 is 0 Å². The van der Waals surface area contributed by atoms with Crippen LogP contribution in [-0.2, 0) is 11.3 Å². The van der Waals surface area contributed by atoms with E-state index in [1.165, 1.54) is 12.8 Å². The summed E-state index contributed by atoms with van der Waals surface area (Å²) in [5, 5.41) is 6.14. The number of carbonyl (C=O) groups is 1. The summed E-state index contributed by atoms with van der Waals surface area (Å²) in [7, 11) is 0. The normalized spacial score (nSPS) is 17.1. The molecule has 1 fully saturated rings. The zero-order chi connectivity index (χ0) is 11.4. The summed E-state index contributed by atoms with van der Waals surface area (Å²) < 4.78 is 1.96. The first kappa shape index (κ1) is 11.1. The quantitative estimate of drug-likeness (QED) is 0.720. The second-order valence-electron chi connectivity index (χ2n) is 4.38. The van der Waals surface area contributed by atoms with Gasteiger partial charge in [-0.15, -0.1) is 0 Å². The van der Waals surface area contributed by atoms with E-state index in [0.29, 0.717) is 12.6 Å². The van der Waals surface area contributed by atoms with Crippen molar-refractivity contribution in [3.8, 4) is 0 Å². The molecule has 0 bridgehead atoms. The molecule has 0 aliphatic heterocycles. The molecule has 1 aliphatic rings. The molecular weight excluding hydrogens is 204 g/mol. The first-order valence-electron chi connectivity index (χ1n) is 5.72. The molecule has 88 valence electrons. The molecule has 2 rings (SSSR count). The molecule has 0 spiro atoms. The Hall–Kier alpha value is -1.36. The van der Waals surface area contributed by atoms with E-state index >= 15 is 0 Å². The van der Waals surface area contributed by atoms with Crippen LogP contribution in [0.4, 0.5) is 0 Å². The number of hydrogen-bond donors (Lipinski definition) is 2. The zero-order valence-corrected chi connectivity index (χ0v) is 9.52. The van der Waals surface area contributed by atoms with Gasteiger partial charge in [0.05, 0.1) is 12.9 Å². The predicted molar refractivity (Wildman–Crippen MR) is 60.9 cm³/mol. The van der Waals surface area contributed by atoms with Gasteiger partial charge in [0.1, 0.15) is 0 Å². The van der Waals surface area contributed by atoms with Crippen molar-refractivity contribution in [2.75, 3.05) is 6.54 Å². The average Bonchev–Trinajstić information content (AvgIpc) is 2.94. The van der Waals surface area contributed by atoms with Crippen LogP contribution in [0.2, 0.25) is 0 Å². The Balaban J connectivity index is 1.65. The van der Waals surface area contributed by atoms with Gasteiger partial charge in [-0.1, -0.05) is 0 Å². The molecule has 0 saturated heterocycles. The third-order valence-electron chi connectivity index (χ3n) is 2.58. The zero-order valence-electron chi connectivity index (χ0n) is 9.52. The molecule has 1 aliphatic carbocycles. The second-order valence-corrected chi connectivity index (χ2v) is 4.38. The van der Waals surface area contributed by atoms with Crippen molar-refractivity contribution in [2.45, 2.75) is 38.4 Å². The van der Waals surface area contributed by atoms with E-state index in [-0.39, 0.29) is 11.9 Å². The smallest absolute Gasteiger partial charge is 0.234 e. The van der Waals surface area contributed by atoms with E-state index in [9.17, 15) is 4.79 Å². The molecule has 5 nitrogen and oxygen atoms in total. The molecule has 0 radical (unpaired) electrons. The highest BCUT2D eigenvalue weighted by Gasteiger charge is 2.21. The number of rotatable bonds is 6. The lowest BCUT2D eigenvalue weighted by atomic mass is 10.3. The summed E-state index contributed by atoms with van der Waals surface area (Å²) in [4.78, 5) is 15.5. The molecule has 0 aromatic carbocycles. The van der Waals surface area contributed by atoms with E-state index in [1.807, 2.05) is 17.7 Å². The first-order chi connectivity index (χ1) is 7.74. The summed E-state index contributed by atoms with van der Waals surface area (Å²) in [5.41, 5.74) is 0. The Morgan fingerprint density at radius 1 is 1.62 bits per heavy atom. The van der Waals surface area contributed by atoms with Gasteiger partial charge in [0.25, 0.3) is 0 Å². The maximum atomic E-state index is 11.5. The Morgan fingerprint density at radius 2 is 2.44 bits per heavy atom. The Kier molecular flexibility index (Phi) is 3.56. The van der Waals surface area contributed by atoms with Gasteiger partial charge in [-0.25, -0.2) is 4.98 Å². The lowest BCUT2D eigenvalue weighted by Gasteiger charge is -2.14. The highest BCUT2D eigenvalue weighted by atomic mass is 16.2. The third kappa shape index (κ3) is 3.66. The standard InChI is InChI=1S/C11H18N4O/c1-9(7-15-5-4-12-8-15)14-11(16)6-13-10-2-3-10/h4-5,8-10,13H,2-3,6-7H2,1H3,(H,14,16). The van der Waals surface area contributed by atoms with Gasteiger partial charge < -0.3 is 15.2 Å². The van der Waals surface area contributed by atoms with Crippen LogP contribution in [0.3, 0.4) is 0 Å². The van der Waals surface area contributed by atoms with E-state index in [0.717, 1.165) is 6.54 Å². The number of imidazole rings is 1. The second kappa shape index (κ2) is 5.12. The van der Waals surface area contributed by atoms with Crippen molar-refractivity contribution < 1.29 is 4.79 Å². The number of nitrogens with one attached hydrogen (secondary N) is 2. The van der Waals surface area contributed by atoms with Crippen LogP contribution in [0.15, 0.2) is 18.7 Å². The number of carbonyl (C=O) groups excluding carboxylic acids is 1. The van der Waals surface area contributed by atoms with Crippen LogP contribution in [0.25, 0.3) is 0 Å². The van der Waals surface area contributed by atoms with Crippen LogP contribution in [0, 0.1) is 0 Å². The molecule has 1 unspecified atom stereocenters. The Morgan fingerprint density at radius 3 is 3.06 bits per heavy atom. The minimum atomic E-state index is 0.0690. The number of aromatic nitrogens is 2. The lowest BCUT2D eigenvalue weighted by molar-refractivity contribution is -0.120. The van der Waals surface area contributed by atoms with E-state index in [2.05, 4.69) is 15.6 Å². The van der Waals surface area contributed by atoms with Gasteiger partial charge >= 0.3 is 0 Å². The van der Waals surface area contributed by atoms with Crippen LogP contribution in [0.5, 0.6) is 0 Å². The van der Waals surface area contributed by atoms with Gasteiger partial charge in [-0.2, -0.15) is 0 Å². The summed E-state index contributed by atoms with van der Waals surface area (Å²) >= 11 is 0. The number of amides is 1. The maximum Gasteiger partial charge on any atom is 0.234 e. The summed E-state index contributed by atoms with van der Waals surface area (Å²) in [6.45, 7) is 3.18. The minimum absolute atomic E-state index is 0.0690. The number of nitrogens with zero attached hydrogens (tertiary/aromatic N) is 2. The average molecular weight is 222 g/mol. The van der Waals surface area contributed by atoms with Gasteiger partial charge in [-0.3, -0.25) is 4.79 Å². The van der Waals surface area contributed by atoms with Crippen molar-refractivity contribution in [3.05, 3.63) is 18.7 Å². The molecular formula is C11H18N4O. The van der Waals surface area contributed by atoms with Gasteiger partial charge in [0.2, 0.25) is 5.91 Å². The monoisotopic (exact) mass is 222 g/mol. The van der Waals surface area contributed by atoms with Crippen molar-refractivity contribution in [1.82, 2.24) is 20.2 Å². The molecule has 1 aromatic rings. The Bertz CT molecular complexity index is 332. The van der Waals surface area contributed by atoms with Gasteiger partial charge in [-0.05, 0) is 19.8 Å². The fourth-order valence-corrected chi connectivity index (χ4v) is 1.61. The highest BCUT2D eigenvalue weighted by Crippen LogP contribution is 2.17. The van der Waals surface area contributed by atoms with Crippen molar-refractivity contribution in [2.24, 2.45) is 0 Å². The molecule has 1 amide bonds. The predicted octanol–water partition coefficient (Wildman–Crippen LogP) is 0.140. The van der Waals surface area contributed by atoms with Crippen molar-refractivity contribution in [1.29, 1.82) is 0 Å². The third-order valence-corrected chi connectivity index (χ3v) is 2.58. The molecule has 1 atom stereocenters. The van der Waals surface area contributed by atoms with Crippen LogP contribution in [-0.4, -0.2) is 34.1 Å². The Labute approximate surface area is 95.2 Å². The molecule has 1 heterocycles. The topological polar surface area (TPSA) is 59.0 Å². The largest absolute Gasteiger partial charge is 0.351 e. The van der Waals surface area contributed by atoms with Crippen LogP contribution >= 0.6 is 0 Å². The van der Waals surface area contributed by atoms with Crippen molar-refractivity contribution >= 4 is 5.91 Å². The first-order valence-corrected chi connectivity index (χ1v) is 5.72. The van der Waals surface area contributed by atoms with Crippen molar-refractivity contribution in [3.63, 3.8) is 0 Å². The molecule has 5 heteroatoms. The van der Waals surface area contributed by atoms with Crippen LogP contribution < -0.4 is 10.6 Å². The van der Waals surface area contributed by atoms with Crippen LogP contribution in [0.1, 0.15) is 19.8 Å². The SMILES string of the molecule is CC(Cn1ccnc1)NC(=O)CNC1CC1. The maximum absolute atomic E-state index is 11.5. The molecule has 16 heavy (non-hydrogen) atoms. The lowest BCUT2D eigenvalue weighted by Crippen LogP contribution is -2.41. The number of hydrogen-bond acceptors (Lipinski definition) is 3. The highest BCUT2D eigenvalue weighted by molar-refractivity contribution is 5.78. The fraction of sp³-hybridized carbons (Fsp3) is 0.636. The fourth-order valence-electron chi connectivity index (χ4n) is 1.61. The summed E-state index contributed by atoms with van der Waals surface area (Å²) in [5.74, 6) is 0.0690. The summed E-state index contributed by atoms with van der Waals surface area (Å²) in [6, 6.07) is 0.706. The molecule has 1 aromatic heterocycles. The summed E-state index contributed by atoms with van der Waals surface area (Å²) in [6.07, 6.45) is 7.80. The van der Waals surface area contributed by atoms with Gasteiger partial charge in [0.15, 0.2) is 0 Å². The minimum Gasteiger partial charge on any atom is -0.351 e. The van der Waals surface area contributed by atoms with E-state index in [1.54, 1.807) is 12.5 Å².